The molecule has 64 valence electrons. The molecule has 0 fully saturated rings. The molecule has 0 aliphatic heterocycles. The maximum Gasteiger partial charge on any atom is 0.108 e. The van der Waals surface area contributed by atoms with Gasteiger partial charge in [0.05, 0.1) is 22.7 Å². The summed E-state index contributed by atoms with van der Waals surface area (Å²) in [6.45, 7) is 0. The summed E-state index contributed by atoms with van der Waals surface area (Å²) in [7, 11) is 0. The van der Waals surface area contributed by atoms with E-state index >= 15 is 0 Å². The van der Waals surface area contributed by atoms with E-state index in [4.69, 9.17) is 5.26 Å². The van der Waals surface area contributed by atoms with Crippen molar-refractivity contribution in [2.24, 2.45) is 0 Å². The molecule has 1 aromatic heterocycles. The highest BCUT2D eigenvalue weighted by Gasteiger charge is 2.02. The summed E-state index contributed by atoms with van der Waals surface area (Å²) in [6, 6.07) is 8.03. The Bertz CT molecular complexity index is 484. The smallest absolute Gasteiger partial charge is 0.108 e. The maximum atomic E-state index is 8.51. The van der Waals surface area contributed by atoms with Crippen molar-refractivity contribution in [3.05, 3.63) is 27.7 Å². The fourth-order valence-electron chi connectivity index (χ4n) is 1.09. The zero-order valence-corrected chi connectivity index (χ0v) is 9.02. The fourth-order valence-corrected chi connectivity index (χ4v) is 2.54. The molecule has 0 atom stereocenters. The molecule has 0 saturated heterocycles. The van der Waals surface area contributed by atoms with Crippen LogP contribution in [0.3, 0.4) is 0 Å². The lowest BCUT2D eigenvalue weighted by Gasteiger charge is -1.86. The summed E-state index contributed by atoms with van der Waals surface area (Å²) in [4.78, 5) is 4.32. The molecule has 0 aliphatic rings. The van der Waals surface area contributed by atoms with Gasteiger partial charge >= 0.3 is 0 Å². The summed E-state index contributed by atoms with van der Waals surface area (Å²) < 4.78 is 2.17. The molecule has 0 aliphatic carbocycles. The molecule has 0 radical (unpaired) electrons. The maximum absolute atomic E-state index is 8.51. The van der Waals surface area contributed by atoms with Crippen LogP contribution in [0.15, 0.2) is 22.7 Å². The SMILES string of the molecule is N#CCc1nc2ccc(Br)cc2s1. The van der Waals surface area contributed by atoms with Crippen molar-refractivity contribution in [3.63, 3.8) is 0 Å². The van der Waals surface area contributed by atoms with Gasteiger partial charge in [0.15, 0.2) is 0 Å². The first-order chi connectivity index (χ1) is 6.29. The number of halogens is 1. The van der Waals surface area contributed by atoms with Crippen molar-refractivity contribution < 1.29 is 0 Å². The standard InChI is InChI=1S/C9H5BrN2S/c10-6-1-2-7-8(5-6)13-9(12-7)3-4-11/h1-2,5H,3H2. The van der Waals surface area contributed by atoms with E-state index in [1.165, 1.54) is 0 Å². The quantitative estimate of drug-likeness (QED) is 0.782. The third-order valence-corrected chi connectivity index (χ3v) is 3.14. The Balaban J connectivity index is 2.57. The third-order valence-electron chi connectivity index (χ3n) is 1.63. The Hall–Kier alpha value is -0.920. The summed E-state index contributed by atoms with van der Waals surface area (Å²) >= 11 is 4.97. The summed E-state index contributed by atoms with van der Waals surface area (Å²) in [5, 5.41) is 9.39. The first-order valence-corrected chi connectivity index (χ1v) is 5.32. The first kappa shape index (κ1) is 8.67. The minimum Gasteiger partial charge on any atom is -0.240 e. The number of fused-ring (bicyclic) bond motifs is 1. The Morgan fingerprint density at radius 2 is 2.38 bits per heavy atom. The predicted octanol–water partition coefficient (Wildman–Crippen LogP) is 3.12. The minimum atomic E-state index is 0.400. The largest absolute Gasteiger partial charge is 0.240 e. The van der Waals surface area contributed by atoms with Gasteiger partial charge in [-0.1, -0.05) is 15.9 Å². The van der Waals surface area contributed by atoms with Crippen molar-refractivity contribution in [3.8, 4) is 6.07 Å². The van der Waals surface area contributed by atoms with E-state index in [2.05, 4.69) is 27.0 Å². The Kier molecular flexibility index (Phi) is 2.30. The number of benzene rings is 1. The summed E-state index contributed by atoms with van der Waals surface area (Å²) in [5.74, 6) is 0. The van der Waals surface area contributed by atoms with Crippen LogP contribution in [0.25, 0.3) is 10.2 Å². The Labute approximate surface area is 88.0 Å². The van der Waals surface area contributed by atoms with Gasteiger partial charge < -0.3 is 0 Å². The van der Waals surface area contributed by atoms with E-state index in [0.717, 1.165) is 19.7 Å². The van der Waals surface area contributed by atoms with Crippen molar-refractivity contribution in [1.82, 2.24) is 4.98 Å². The number of hydrogen-bond donors (Lipinski definition) is 0. The lowest BCUT2D eigenvalue weighted by Crippen LogP contribution is -1.75. The van der Waals surface area contributed by atoms with Crippen LogP contribution in [-0.4, -0.2) is 4.98 Å². The second kappa shape index (κ2) is 3.44. The highest BCUT2D eigenvalue weighted by atomic mass is 79.9. The Morgan fingerprint density at radius 3 is 3.15 bits per heavy atom. The van der Waals surface area contributed by atoms with Gasteiger partial charge in [0.1, 0.15) is 5.01 Å². The molecule has 2 aromatic rings. The molecule has 0 saturated carbocycles. The lowest BCUT2D eigenvalue weighted by molar-refractivity contribution is 1.21. The molecule has 0 bridgehead atoms. The number of thiazole rings is 1. The van der Waals surface area contributed by atoms with Crippen molar-refractivity contribution in [2.45, 2.75) is 6.42 Å². The normalized spacial score (nSPS) is 10.2. The van der Waals surface area contributed by atoms with Gasteiger partial charge in [0.2, 0.25) is 0 Å². The average molecular weight is 253 g/mol. The summed E-state index contributed by atoms with van der Waals surface area (Å²) in [5.41, 5.74) is 0.971. The van der Waals surface area contributed by atoms with E-state index in [-0.39, 0.29) is 0 Å². The topological polar surface area (TPSA) is 36.7 Å². The molecular formula is C9H5BrN2S. The summed E-state index contributed by atoms with van der Waals surface area (Å²) in [6.07, 6.45) is 0.400. The number of nitriles is 1. The van der Waals surface area contributed by atoms with Gasteiger partial charge in [-0.15, -0.1) is 11.3 Å². The average Bonchev–Trinajstić information content (AvgIpc) is 2.46. The lowest BCUT2D eigenvalue weighted by atomic mass is 10.3. The molecule has 0 amide bonds. The van der Waals surface area contributed by atoms with Gasteiger partial charge in [0, 0.05) is 4.47 Å². The monoisotopic (exact) mass is 252 g/mol. The van der Waals surface area contributed by atoms with Crippen LogP contribution in [0.1, 0.15) is 5.01 Å². The zero-order chi connectivity index (χ0) is 9.26. The number of nitrogens with zero attached hydrogens (tertiary/aromatic N) is 2. The van der Waals surface area contributed by atoms with E-state index in [0.29, 0.717) is 6.42 Å². The molecule has 1 aromatic carbocycles. The second-order valence-corrected chi connectivity index (χ2v) is 4.59. The van der Waals surface area contributed by atoms with Gasteiger partial charge in [-0.25, -0.2) is 4.98 Å². The van der Waals surface area contributed by atoms with E-state index in [9.17, 15) is 0 Å². The molecule has 0 spiro atoms. The molecule has 2 nitrogen and oxygen atoms in total. The molecule has 0 unspecified atom stereocenters. The van der Waals surface area contributed by atoms with Crippen molar-refractivity contribution in [2.75, 3.05) is 0 Å². The van der Waals surface area contributed by atoms with Crippen LogP contribution in [0.5, 0.6) is 0 Å². The molecule has 2 rings (SSSR count). The van der Waals surface area contributed by atoms with Crippen LogP contribution in [-0.2, 0) is 6.42 Å². The first-order valence-electron chi connectivity index (χ1n) is 3.71. The number of hydrogen-bond acceptors (Lipinski definition) is 3. The molecule has 13 heavy (non-hydrogen) atoms. The van der Waals surface area contributed by atoms with Gasteiger partial charge in [0.25, 0.3) is 0 Å². The van der Waals surface area contributed by atoms with Crippen molar-refractivity contribution >= 4 is 37.5 Å². The number of rotatable bonds is 1. The van der Waals surface area contributed by atoms with E-state index < -0.39 is 0 Å². The molecule has 1 heterocycles. The Morgan fingerprint density at radius 1 is 1.54 bits per heavy atom. The van der Waals surface area contributed by atoms with Gasteiger partial charge in [-0.3, -0.25) is 0 Å². The zero-order valence-electron chi connectivity index (χ0n) is 6.62. The van der Waals surface area contributed by atoms with E-state index in [1.807, 2.05) is 18.2 Å². The van der Waals surface area contributed by atoms with E-state index in [1.54, 1.807) is 11.3 Å². The highest BCUT2D eigenvalue weighted by molar-refractivity contribution is 9.10. The third kappa shape index (κ3) is 1.71. The minimum absolute atomic E-state index is 0.400. The highest BCUT2D eigenvalue weighted by Crippen LogP contribution is 2.25. The predicted molar refractivity (Wildman–Crippen MR) is 56.6 cm³/mol. The van der Waals surface area contributed by atoms with Crippen molar-refractivity contribution in [1.29, 1.82) is 5.26 Å². The molecular weight excluding hydrogens is 248 g/mol. The van der Waals surface area contributed by atoms with Crippen LogP contribution >= 0.6 is 27.3 Å². The van der Waals surface area contributed by atoms with Gasteiger partial charge in [-0.05, 0) is 18.2 Å². The van der Waals surface area contributed by atoms with Crippen LogP contribution in [0.4, 0.5) is 0 Å². The molecule has 4 heteroatoms. The van der Waals surface area contributed by atoms with Crippen LogP contribution in [0, 0.1) is 11.3 Å². The second-order valence-electron chi connectivity index (χ2n) is 2.55. The molecule has 0 N–H and O–H groups in total. The number of aromatic nitrogens is 1. The van der Waals surface area contributed by atoms with Gasteiger partial charge in [-0.2, -0.15) is 5.26 Å². The fraction of sp³-hybridized carbons (Fsp3) is 0.111. The van der Waals surface area contributed by atoms with Crippen LogP contribution in [0.2, 0.25) is 0 Å². The van der Waals surface area contributed by atoms with Crippen LogP contribution < -0.4 is 0 Å².